The zero-order valence-electron chi connectivity index (χ0n) is 30.1. The number of hydrogen-bond acceptors (Lipinski definition) is 14. The zero-order valence-corrected chi connectivity index (χ0v) is 31.8. The van der Waals surface area contributed by atoms with Crippen molar-refractivity contribution < 1.29 is 34.3 Å². The fourth-order valence-corrected chi connectivity index (χ4v) is 9.37. The van der Waals surface area contributed by atoms with E-state index in [-0.39, 0.29) is 36.3 Å². The average molecular weight is 787 g/mol. The van der Waals surface area contributed by atoms with Crippen LogP contribution in [-0.2, 0) is 28.2 Å². The lowest BCUT2D eigenvalue weighted by Gasteiger charge is -2.35. The number of aryl methyl sites for hydroxylation is 1. The van der Waals surface area contributed by atoms with Gasteiger partial charge in [0.25, 0.3) is 0 Å². The number of carbonyl (C=O) groups is 1. The van der Waals surface area contributed by atoms with E-state index in [1.54, 1.807) is 24.3 Å². The predicted molar refractivity (Wildman–Crippen MR) is 208 cm³/mol. The van der Waals surface area contributed by atoms with Crippen molar-refractivity contribution >= 4 is 50.6 Å². The van der Waals surface area contributed by atoms with Gasteiger partial charge < -0.3 is 44.7 Å². The minimum absolute atomic E-state index is 0.0621. The first-order valence-electron chi connectivity index (χ1n) is 18.3. The number of nitrogens with zero attached hydrogens (tertiary/aromatic N) is 4. The van der Waals surface area contributed by atoms with Gasteiger partial charge in [0.1, 0.15) is 22.9 Å². The molecule has 4 aromatic heterocycles. The van der Waals surface area contributed by atoms with Crippen LogP contribution in [0.2, 0.25) is 0 Å². The maximum atomic E-state index is 13.4. The molecule has 1 aliphatic carbocycles. The van der Waals surface area contributed by atoms with Gasteiger partial charge in [-0.25, -0.2) is 9.48 Å². The molecule has 1 fully saturated rings. The van der Waals surface area contributed by atoms with Crippen molar-refractivity contribution in [2.24, 2.45) is 0 Å². The number of benzene rings is 2. The van der Waals surface area contributed by atoms with Gasteiger partial charge in [-0.05, 0) is 92.4 Å². The largest absolute Gasteiger partial charge is 0.506 e. The first kappa shape index (κ1) is 37.1. The third-order valence-electron chi connectivity index (χ3n) is 10.6. The molecule has 55 heavy (non-hydrogen) atoms. The Kier molecular flexibility index (Phi) is 10.6. The molecule has 16 heteroatoms. The van der Waals surface area contributed by atoms with Crippen LogP contribution in [0, 0.1) is 0 Å². The normalized spacial score (nSPS) is 17.7. The monoisotopic (exact) mass is 786 g/mol. The van der Waals surface area contributed by atoms with Crippen LogP contribution >= 0.6 is 22.7 Å². The fourth-order valence-electron chi connectivity index (χ4n) is 7.66. The molecule has 1 atom stereocenters. The van der Waals surface area contributed by atoms with Crippen molar-refractivity contribution in [3.05, 3.63) is 96.6 Å². The van der Waals surface area contributed by atoms with E-state index in [0.29, 0.717) is 56.9 Å². The lowest BCUT2D eigenvalue weighted by atomic mass is 9.91. The molecular formula is C39H42N6O8S2. The number of hydrogen-bond donors (Lipinski definition) is 5. The third kappa shape index (κ3) is 7.33. The topological polar surface area (TPSA) is 184 Å². The highest BCUT2D eigenvalue weighted by Gasteiger charge is 2.45. The number of aromatic hydroxyl groups is 1. The first-order chi connectivity index (χ1) is 26.7. The van der Waals surface area contributed by atoms with Gasteiger partial charge in [-0.15, -0.1) is 27.8 Å². The average Bonchev–Trinajstić information content (AvgIpc) is 4.03. The van der Waals surface area contributed by atoms with Crippen molar-refractivity contribution in [3.8, 4) is 17.2 Å². The second-order valence-corrected chi connectivity index (χ2v) is 15.9. The third-order valence-corrected chi connectivity index (χ3v) is 12.5. The Balaban J connectivity index is 0.842. The number of phenolic OH excluding ortho intramolecular Hbond substituents is 1. The van der Waals surface area contributed by atoms with Gasteiger partial charge in [-0.2, -0.15) is 0 Å². The molecule has 8 rings (SSSR count). The molecule has 0 spiro atoms. The van der Waals surface area contributed by atoms with Crippen molar-refractivity contribution in [1.29, 1.82) is 0 Å². The second-order valence-electron chi connectivity index (χ2n) is 14.0. The summed E-state index contributed by atoms with van der Waals surface area (Å²) in [4.78, 5) is 31.3. The molecule has 288 valence electrons. The van der Waals surface area contributed by atoms with Gasteiger partial charge in [-0.3, -0.25) is 4.79 Å². The standard InChI is InChI=1S/C39H42N6O8S2/c1-44(24-7-9-25(10-8-24)53-38(49)39(50,31-5-2-17-54-31)32-6-3-18-55-32)15-4-16-45-35-28(42-43-45)19-23(36-37(35)52-22-51-36)20-40-21-30(47)26-11-13-29(46)34-27(26)12-14-33(48)41-34/h2-3,5-6,11-14,17-19,24-25,30,40,46-47,50H,4,7-10,15-16,20-22H2,1H3,(H,41,48)/t24?,25?,30-/m0/s1. The molecule has 14 nitrogen and oxygen atoms in total. The number of fused-ring (bicyclic) bond motifs is 4. The summed E-state index contributed by atoms with van der Waals surface area (Å²) in [5, 5.41) is 49.2. The summed E-state index contributed by atoms with van der Waals surface area (Å²) in [7, 11) is 2.12. The molecule has 0 saturated heterocycles. The number of aromatic nitrogens is 4. The van der Waals surface area contributed by atoms with E-state index in [0.717, 1.165) is 49.7 Å². The van der Waals surface area contributed by atoms with E-state index >= 15 is 0 Å². The molecule has 0 unspecified atom stereocenters. The Bertz CT molecular complexity index is 2300. The molecule has 5 N–H and O–H groups in total. The van der Waals surface area contributed by atoms with E-state index in [1.165, 1.54) is 34.8 Å². The number of carbonyl (C=O) groups excluding carboxylic acids is 1. The highest BCUT2D eigenvalue weighted by Crippen LogP contribution is 2.42. The van der Waals surface area contributed by atoms with Crippen molar-refractivity contribution in [2.75, 3.05) is 26.9 Å². The quantitative estimate of drug-likeness (QED) is 0.0956. The lowest BCUT2D eigenvalue weighted by molar-refractivity contribution is -0.169. The molecule has 0 radical (unpaired) electrons. The minimum Gasteiger partial charge on any atom is -0.506 e. The van der Waals surface area contributed by atoms with Crippen LogP contribution in [0.4, 0.5) is 0 Å². The van der Waals surface area contributed by atoms with Crippen molar-refractivity contribution in [2.45, 2.75) is 69.0 Å². The lowest BCUT2D eigenvalue weighted by Crippen LogP contribution is -2.42. The number of aliphatic hydroxyl groups excluding tert-OH is 1. The van der Waals surface area contributed by atoms with Gasteiger partial charge in [0.2, 0.25) is 18.0 Å². The summed E-state index contributed by atoms with van der Waals surface area (Å²) in [5.41, 5.74) is 1.01. The molecule has 1 aliphatic heterocycles. The van der Waals surface area contributed by atoms with Crippen LogP contribution in [0.3, 0.4) is 0 Å². The van der Waals surface area contributed by atoms with Crippen LogP contribution in [0.25, 0.3) is 21.9 Å². The summed E-state index contributed by atoms with van der Waals surface area (Å²) in [6.45, 7) is 2.12. The number of H-pyrrole nitrogens is 1. The summed E-state index contributed by atoms with van der Waals surface area (Å²) in [6, 6.07) is 15.5. The van der Waals surface area contributed by atoms with E-state index < -0.39 is 17.7 Å². The van der Waals surface area contributed by atoms with Crippen LogP contribution in [0.15, 0.2) is 70.2 Å². The number of thiophene rings is 2. The highest BCUT2D eigenvalue weighted by atomic mass is 32.1. The second kappa shape index (κ2) is 15.7. The smallest absolute Gasteiger partial charge is 0.349 e. The van der Waals surface area contributed by atoms with Gasteiger partial charge >= 0.3 is 5.97 Å². The number of ether oxygens (including phenoxy) is 3. The van der Waals surface area contributed by atoms with E-state index in [2.05, 4.69) is 32.6 Å². The SMILES string of the molecule is CN(CCCn1nnc2cc(CNC[C@H](O)c3ccc(O)c4[nH]c(=O)ccc34)c3c(c21)OCO3)C1CCC(OC(=O)C(O)(c2cccs2)c2cccs2)CC1. The van der Waals surface area contributed by atoms with Gasteiger partial charge in [0, 0.05) is 42.7 Å². The summed E-state index contributed by atoms with van der Waals surface area (Å²) in [5.74, 6) is 0.536. The maximum Gasteiger partial charge on any atom is 0.349 e. The van der Waals surface area contributed by atoms with Crippen LogP contribution < -0.4 is 20.3 Å². The summed E-state index contributed by atoms with van der Waals surface area (Å²) in [6.07, 6.45) is 2.91. The minimum atomic E-state index is -1.79. The summed E-state index contributed by atoms with van der Waals surface area (Å²) >= 11 is 2.69. The van der Waals surface area contributed by atoms with E-state index in [4.69, 9.17) is 14.2 Å². The molecular weight excluding hydrogens is 745 g/mol. The molecule has 0 bridgehead atoms. The Morgan fingerprint density at radius 3 is 2.56 bits per heavy atom. The van der Waals surface area contributed by atoms with Crippen LogP contribution in [0.1, 0.15) is 59.1 Å². The Labute approximate surface area is 323 Å². The number of phenols is 1. The van der Waals surface area contributed by atoms with Gasteiger partial charge in [0.15, 0.2) is 11.5 Å². The predicted octanol–water partition coefficient (Wildman–Crippen LogP) is 4.77. The number of pyridine rings is 1. The Morgan fingerprint density at radius 1 is 1.09 bits per heavy atom. The van der Waals surface area contributed by atoms with Gasteiger partial charge in [0.05, 0.1) is 21.4 Å². The molecule has 2 aliphatic rings. The number of aliphatic hydroxyl groups is 2. The first-order valence-corrected chi connectivity index (χ1v) is 20.1. The van der Waals surface area contributed by atoms with E-state index in [9.17, 15) is 24.9 Å². The van der Waals surface area contributed by atoms with Crippen molar-refractivity contribution in [3.63, 3.8) is 0 Å². The van der Waals surface area contributed by atoms with Crippen LogP contribution in [-0.4, -0.2) is 85.2 Å². The number of aromatic amines is 1. The fraction of sp³-hybridized carbons (Fsp3) is 0.385. The number of rotatable bonds is 14. The van der Waals surface area contributed by atoms with Gasteiger partial charge in [-0.1, -0.05) is 23.4 Å². The van der Waals surface area contributed by atoms with E-state index in [1.807, 2.05) is 33.6 Å². The molecule has 6 aromatic rings. The zero-order chi connectivity index (χ0) is 38.1. The number of nitrogens with one attached hydrogen (secondary N) is 2. The molecule has 0 amide bonds. The van der Waals surface area contributed by atoms with Crippen molar-refractivity contribution in [1.82, 2.24) is 30.2 Å². The maximum absolute atomic E-state index is 13.4. The Morgan fingerprint density at radius 2 is 1.84 bits per heavy atom. The van der Waals surface area contributed by atoms with Crippen LogP contribution in [0.5, 0.6) is 17.2 Å². The number of esters is 1. The molecule has 2 aromatic carbocycles. The molecule has 1 saturated carbocycles. The molecule has 5 heterocycles. The highest BCUT2D eigenvalue weighted by molar-refractivity contribution is 7.12. The summed E-state index contributed by atoms with van der Waals surface area (Å²) < 4.78 is 19.6. The Hall–Kier alpha value is -4.84.